The molecule has 1 aromatic heterocycles. The fraction of sp³-hybridized carbons (Fsp3) is 0. The Labute approximate surface area is 102 Å². The van der Waals surface area contributed by atoms with Crippen molar-refractivity contribution in [3.05, 3.63) is 52.6 Å². The van der Waals surface area contributed by atoms with Crippen LogP contribution in [0, 0.1) is 11.3 Å². The number of para-hydroxylation sites is 1. The van der Waals surface area contributed by atoms with E-state index in [0.717, 1.165) is 10.2 Å². The molecule has 1 N–H and O–H groups in total. The highest BCUT2D eigenvalue weighted by Gasteiger charge is 2.04. The van der Waals surface area contributed by atoms with Crippen molar-refractivity contribution in [2.45, 2.75) is 0 Å². The lowest BCUT2D eigenvalue weighted by atomic mass is 10.2. The average molecular weight is 274 g/mol. The summed E-state index contributed by atoms with van der Waals surface area (Å²) in [5.41, 5.74) is 1.41. The molecule has 2 rings (SSSR count). The maximum atomic E-state index is 8.92. The highest BCUT2D eigenvalue weighted by atomic mass is 79.9. The van der Waals surface area contributed by atoms with Crippen molar-refractivity contribution in [2.75, 3.05) is 5.32 Å². The summed E-state index contributed by atoms with van der Waals surface area (Å²) in [5.74, 6) is 0.567. The Morgan fingerprint density at radius 3 is 2.75 bits per heavy atom. The topological polar surface area (TPSA) is 48.7 Å². The van der Waals surface area contributed by atoms with Crippen molar-refractivity contribution in [2.24, 2.45) is 0 Å². The van der Waals surface area contributed by atoms with Gasteiger partial charge in [0.15, 0.2) is 0 Å². The molecule has 16 heavy (non-hydrogen) atoms. The van der Waals surface area contributed by atoms with Crippen molar-refractivity contribution in [3.8, 4) is 6.07 Å². The number of benzene rings is 1. The SMILES string of the molecule is N#Cc1cccnc1Nc1ccccc1Br. The van der Waals surface area contributed by atoms with E-state index in [4.69, 9.17) is 5.26 Å². The summed E-state index contributed by atoms with van der Waals surface area (Å²) >= 11 is 3.43. The standard InChI is InChI=1S/C12H8BrN3/c13-10-5-1-2-6-11(10)16-12-9(8-14)4-3-7-15-12/h1-7H,(H,15,16). The first-order valence-electron chi connectivity index (χ1n) is 4.68. The summed E-state index contributed by atoms with van der Waals surface area (Å²) in [6.07, 6.45) is 1.65. The van der Waals surface area contributed by atoms with Crippen molar-refractivity contribution >= 4 is 27.4 Å². The predicted octanol–water partition coefficient (Wildman–Crippen LogP) is 3.46. The van der Waals surface area contributed by atoms with Gasteiger partial charge in [-0.3, -0.25) is 0 Å². The first-order chi connectivity index (χ1) is 7.81. The number of halogens is 1. The van der Waals surface area contributed by atoms with Crippen LogP contribution in [0.15, 0.2) is 47.1 Å². The van der Waals surface area contributed by atoms with Gasteiger partial charge in [0.1, 0.15) is 11.9 Å². The average Bonchev–Trinajstić information content (AvgIpc) is 2.33. The van der Waals surface area contributed by atoms with Crippen LogP contribution in [-0.2, 0) is 0 Å². The van der Waals surface area contributed by atoms with Crippen LogP contribution >= 0.6 is 15.9 Å². The maximum Gasteiger partial charge on any atom is 0.148 e. The van der Waals surface area contributed by atoms with Crippen LogP contribution < -0.4 is 5.32 Å². The van der Waals surface area contributed by atoms with E-state index in [-0.39, 0.29) is 0 Å². The molecule has 0 spiro atoms. The van der Waals surface area contributed by atoms with Crippen molar-refractivity contribution < 1.29 is 0 Å². The third kappa shape index (κ3) is 2.20. The van der Waals surface area contributed by atoms with Crippen LogP contribution in [0.25, 0.3) is 0 Å². The monoisotopic (exact) mass is 273 g/mol. The first kappa shape index (κ1) is 10.7. The first-order valence-corrected chi connectivity index (χ1v) is 5.47. The molecule has 2 aromatic rings. The van der Waals surface area contributed by atoms with Gasteiger partial charge in [-0.25, -0.2) is 4.98 Å². The van der Waals surface area contributed by atoms with Crippen molar-refractivity contribution in [1.29, 1.82) is 5.26 Å². The number of nitrogens with one attached hydrogen (secondary N) is 1. The summed E-state index contributed by atoms with van der Waals surface area (Å²) in [6.45, 7) is 0. The van der Waals surface area contributed by atoms with E-state index in [1.807, 2.05) is 24.3 Å². The summed E-state index contributed by atoms with van der Waals surface area (Å²) in [7, 11) is 0. The van der Waals surface area contributed by atoms with Crippen molar-refractivity contribution in [1.82, 2.24) is 4.98 Å². The number of aromatic nitrogens is 1. The van der Waals surface area contributed by atoms with Crippen LogP contribution in [0.1, 0.15) is 5.56 Å². The molecule has 78 valence electrons. The number of hydrogen-bond acceptors (Lipinski definition) is 3. The summed E-state index contributed by atoms with van der Waals surface area (Å²) in [5, 5.41) is 12.0. The Kier molecular flexibility index (Phi) is 3.18. The second-order valence-corrected chi connectivity index (χ2v) is 3.97. The lowest BCUT2D eigenvalue weighted by Gasteiger charge is -2.08. The van der Waals surface area contributed by atoms with Gasteiger partial charge in [0, 0.05) is 10.7 Å². The Hall–Kier alpha value is -1.86. The lowest BCUT2D eigenvalue weighted by molar-refractivity contribution is 1.28. The summed E-state index contributed by atoms with van der Waals surface area (Å²) in [6, 6.07) is 13.3. The van der Waals surface area contributed by atoms with Crippen LogP contribution in [0.2, 0.25) is 0 Å². The molecular weight excluding hydrogens is 266 g/mol. The van der Waals surface area contributed by atoms with Crippen LogP contribution in [-0.4, -0.2) is 4.98 Å². The normalized spacial score (nSPS) is 9.50. The summed E-state index contributed by atoms with van der Waals surface area (Å²) < 4.78 is 0.935. The number of pyridine rings is 1. The zero-order valence-corrected chi connectivity index (χ0v) is 9.90. The van der Waals surface area contributed by atoms with E-state index >= 15 is 0 Å². The molecule has 0 fully saturated rings. The van der Waals surface area contributed by atoms with Gasteiger partial charge < -0.3 is 5.32 Å². The summed E-state index contributed by atoms with van der Waals surface area (Å²) in [4.78, 5) is 4.13. The van der Waals surface area contributed by atoms with Gasteiger partial charge in [-0.1, -0.05) is 12.1 Å². The van der Waals surface area contributed by atoms with Gasteiger partial charge in [0.05, 0.1) is 11.3 Å². The minimum absolute atomic E-state index is 0.526. The zero-order valence-electron chi connectivity index (χ0n) is 8.31. The van der Waals surface area contributed by atoms with Gasteiger partial charge in [-0.05, 0) is 40.2 Å². The molecule has 0 aliphatic carbocycles. The molecule has 0 aliphatic heterocycles. The third-order valence-electron chi connectivity index (χ3n) is 2.06. The molecule has 0 atom stereocenters. The fourth-order valence-electron chi connectivity index (χ4n) is 1.29. The third-order valence-corrected chi connectivity index (χ3v) is 2.75. The lowest BCUT2D eigenvalue weighted by Crippen LogP contribution is -1.96. The molecule has 0 amide bonds. The largest absolute Gasteiger partial charge is 0.338 e. The van der Waals surface area contributed by atoms with E-state index in [2.05, 4.69) is 32.3 Å². The molecule has 0 saturated carbocycles. The number of nitrogens with zero attached hydrogens (tertiary/aromatic N) is 2. The van der Waals surface area contributed by atoms with Gasteiger partial charge in [0.2, 0.25) is 0 Å². The quantitative estimate of drug-likeness (QED) is 0.912. The Balaban J connectivity index is 2.35. The highest BCUT2D eigenvalue weighted by Crippen LogP contribution is 2.25. The van der Waals surface area contributed by atoms with E-state index in [0.29, 0.717) is 11.4 Å². The van der Waals surface area contributed by atoms with E-state index in [9.17, 15) is 0 Å². The number of rotatable bonds is 2. The van der Waals surface area contributed by atoms with E-state index in [1.54, 1.807) is 18.3 Å². The van der Waals surface area contributed by atoms with E-state index in [1.165, 1.54) is 0 Å². The van der Waals surface area contributed by atoms with Crippen LogP contribution in [0.4, 0.5) is 11.5 Å². The second kappa shape index (κ2) is 4.77. The molecule has 0 saturated heterocycles. The zero-order chi connectivity index (χ0) is 11.4. The highest BCUT2D eigenvalue weighted by molar-refractivity contribution is 9.10. The predicted molar refractivity (Wildman–Crippen MR) is 66.4 cm³/mol. The minimum atomic E-state index is 0.526. The number of nitriles is 1. The fourth-order valence-corrected chi connectivity index (χ4v) is 1.67. The second-order valence-electron chi connectivity index (χ2n) is 3.12. The van der Waals surface area contributed by atoms with Crippen LogP contribution in [0.3, 0.4) is 0 Å². The molecule has 0 aliphatic rings. The number of hydrogen-bond donors (Lipinski definition) is 1. The van der Waals surface area contributed by atoms with E-state index < -0.39 is 0 Å². The molecule has 1 heterocycles. The number of anilines is 2. The maximum absolute atomic E-state index is 8.92. The molecule has 0 unspecified atom stereocenters. The van der Waals surface area contributed by atoms with Crippen LogP contribution in [0.5, 0.6) is 0 Å². The van der Waals surface area contributed by atoms with Gasteiger partial charge in [-0.2, -0.15) is 5.26 Å². The van der Waals surface area contributed by atoms with Gasteiger partial charge >= 0.3 is 0 Å². The minimum Gasteiger partial charge on any atom is -0.338 e. The Morgan fingerprint density at radius 2 is 2.00 bits per heavy atom. The Bertz CT molecular complexity index is 546. The molecule has 0 bridgehead atoms. The molecule has 3 nitrogen and oxygen atoms in total. The van der Waals surface area contributed by atoms with Gasteiger partial charge in [0.25, 0.3) is 0 Å². The molecule has 0 radical (unpaired) electrons. The van der Waals surface area contributed by atoms with Crippen molar-refractivity contribution in [3.63, 3.8) is 0 Å². The molecule has 1 aromatic carbocycles. The van der Waals surface area contributed by atoms with Gasteiger partial charge in [-0.15, -0.1) is 0 Å². The molecular formula is C12H8BrN3. The Morgan fingerprint density at radius 1 is 1.19 bits per heavy atom. The smallest absolute Gasteiger partial charge is 0.148 e. The molecule has 4 heteroatoms.